The quantitative estimate of drug-likeness (QED) is 0.829. The Morgan fingerprint density at radius 1 is 1.14 bits per heavy atom. The summed E-state index contributed by atoms with van der Waals surface area (Å²) in [5.74, 6) is 0. The van der Waals surface area contributed by atoms with Gasteiger partial charge in [-0.15, -0.1) is 0 Å². The molecule has 1 nitrogen and oxygen atoms in total. The minimum absolute atomic E-state index is 0.0472. The molecule has 0 saturated heterocycles. The normalized spacial score (nSPS) is 11.9. The van der Waals surface area contributed by atoms with Gasteiger partial charge in [0.05, 0.1) is 6.61 Å². The maximum Gasteiger partial charge on any atom is 0.0703 e. The molecular weight excluding hydrogens is 308 g/mol. The molecule has 14 heavy (non-hydrogen) atoms. The van der Waals surface area contributed by atoms with Crippen molar-refractivity contribution in [3.63, 3.8) is 0 Å². The molecule has 0 atom stereocenters. The molecule has 0 aromatic heterocycles. The number of benzene rings is 1. The molecule has 0 aliphatic rings. The zero-order chi connectivity index (χ0) is 10.9. The summed E-state index contributed by atoms with van der Waals surface area (Å²) in [5, 5.41) is 9.13. The van der Waals surface area contributed by atoms with Gasteiger partial charge >= 0.3 is 0 Å². The molecule has 0 spiro atoms. The van der Waals surface area contributed by atoms with Crippen LogP contribution in [0.3, 0.4) is 0 Å². The third-order valence-electron chi connectivity index (χ3n) is 2.17. The third kappa shape index (κ3) is 2.59. The number of aliphatic hydroxyl groups is 1. The highest BCUT2D eigenvalue weighted by Gasteiger charge is 2.16. The molecule has 0 fully saturated rings. The predicted molar refractivity (Wildman–Crippen MR) is 66.5 cm³/mol. The molecule has 0 unspecified atom stereocenters. The number of rotatable bonds is 1. The topological polar surface area (TPSA) is 20.2 Å². The first-order valence-electron chi connectivity index (χ1n) is 4.45. The minimum Gasteiger partial charge on any atom is -0.392 e. The fourth-order valence-corrected chi connectivity index (χ4v) is 2.62. The summed E-state index contributed by atoms with van der Waals surface area (Å²) in [7, 11) is 0. The second-order valence-corrected chi connectivity index (χ2v) is 6.04. The van der Waals surface area contributed by atoms with E-state index in [0.717, 1.165) is 14.5 Å². The van der Waals surface area contributed by atoms with Crippen LogP contribution in [0.1, 0.15) is 31.9 Å². The predicted octanol–water partition coefficient (Wildman–Crippen LogP) is 4.00. The van der Waals surface area contributed by atoms with Crippen LogP contribution in [0.2, 0.25) is 0 Å². The van der Waals surface area contributed by atoms with Crippen LogP contribution in [-0.2, 0) is 12.0 Å². The molecule has 0 amide bonds. The van der Waals surface area contributed by atoms with Gasteiger partial charge in [0.15, 0.2) is 0 Å². The summed E-state index contributed by atoms with van der Waals surface area (Å²) in [6.45, 7) is 6.55. The van der Waals surface area contributed by atoms with E-state index in [1.807, 2.05) is 0 Å². The van der Waals surface area contributed by atoms with E-state index >= 15 is 0 Å². The van der Waals surface area contributed by atoms with Crippen LogP contribution in [0.15, 0.2) is 21.1 Å². The molecule has 0 saturated carbocycles. The van der Waals surface area contributed by atoms with Crippen molar-refractivity contribution in [3.8, 4) is 0 Å². The van der Waals surface area contributed by atoms with Crippen molar-refractivity contribution >= 4 is 31.9 Å². The molecule has 0 heterocycles. The number of hydrogen-bond donors (Lipinski definition) is 1. The maximum absolute atomic E-state index is 9.13. The van der Waals surface area contributed by atoms with Crippen molar-refractivity contribution < 1.29 is 5.11 Å². The highest BCUT2D eigenvalue weighted by molar-refractivity contribution is 9.11. The smallest absolute Gasteiger partial charge is 0.0703 e. The SMILES string of the molecule is CC(C)(C)c1cc(Br)c(CO)c(Br)c1. The van der Waals surface area contributed by atoms with E-state index in [4.69, 9.17) is 5.11 Å². The van der Waals surface area contributed by atoms with Gasteiger partial charge in [0, 0.05) is 14.5 Å². The molecule has 1 aromatic rings. The van der Waals surface area contributed by atoms with Crippen LogP contribution in [0.5, 0.6) is 0 Å². The van der Waals surface area contributed by atoms with Gasteiger partial charge in [0.1, 0.15) is 0 Å². The van der Waals surface area contributed by atoms with Gasteiger partial charge in [-0.25, -0.2) is 0 Å². The molecule has 0 aliphatic carbocycles. The summed E-state index contributed by atoms with van der Waals surface area (Å²) in [6.07, 6.45) is 0. The van der Waals surface area contributed by atoms with Crippen LogP contribution >= 0.6 is 31.9 Å². The first-order chi connectivity index (χ1) is 6.36. The summed E-state index contributed by atoms with van der Waals surface area (Å²) in [5.41, 5.74) is 2.27. The summed E-state index contributed by atoms with van der Waals surface area (Å²) < 4.78 is 1.92. The van der Waals surface area contributed by atoms with Crippen LogP contribution in [0.25, 0.3) is 0 Å². The second kappa shape index (κ2) is 4.33. The number of hydrogen-bond acceptors (Lipinski definition) is 1. The van der Waals surface area contributed by atoms with Crippen LogP contribution in [0, 0.1) is 0 Å². The molecule has 0 radical (unpaired) electrons. The second-order valence-electron chi connectivity index (χ2n) is 4.33. The molecule has 1 N–H and O–H groups in total. The van der Waals surface area contributed by atoms with E-state index in [-0.39, 0.29) is 12.0 Å². The Bertz CT molecular complexity index is 317. The molecular formula is C11H14Br2O. The van der Waals surface area contributed by atoms with E-state index in [1.54, 1.807) is 0 Å². The Labute approximate surface area is 102 Å². The van der Waals surface area contributed by atoms with E-state index in [1.165, 1.54) is 5.56 Å². The van der Waals surface area contributed by atoms with E-state index in [2.05, 4.69) is 64.8 Å². The summed E-state index contributed by atoms with van der Waals surface area (Å²) >= 11 is 6.92. The van der Waals surface area contributed by atoms with Crippen LogP contribution < -0.4 is 0 Å². The fraction of sp³-hybridized carbons (Fsp3) is 0.455. The van der Waals surface area contributed by atoms with Crippen LogP contribution in [0.4, 0.5) is 0 Å². The van der Waals surface area contributed by atoms with Gasteiger partial charge in [0.2, 0.25) is 0 Å². The Kier molecular flexibility index (Phi) is 3.78. The van der Waals surface area contributed by atoms with Gasteiger partial charge in [-0.1, -0.05) is 52.6 Å². The van der Waals surface area contributed by atoms with Crippen molar-refractivity contribution in [1.29, 1.82) is 0 Å². The lowest BCUT2D eigenvalue weighted by molar-refractivity contribution is 0.280. The molecule has 0 aliphatic heterocycles. The van der Waals surface area contributed by atoms with Crippen molar-refractivity contribution in [2.45, 2.75) is 32.8 Å². The lowest BCUT2D eigenvalue weighted by Gasteiger charge is -2.20. The van der Waals surface area contributed by atoms with Gasteiger partial charge < -0.3 is 5.11 Å². The van der Waals surface area contributed by atoms with Crippen LogP contribution in [-0.4, -0.2) is 5.11 Å². The van der Waals surface area contributed by atoms with Gasteiger partial charge in [-0.2, -0.15) is 0 Å². The van der Waals surface area contributed by atoms with Gasteiger partial charge in [0.25, 0.3) is 0 Å². The highest BCUT2D eigenvalue weighted by Crippen LogP contribution is 2.32. The fourth-order valence-electron chi connectivity index (χ4n) is 1.19. The number of halogens is 2. The largest absolute Gasteiger partial charge is 0.392 e. The average Bonchev–Trinajstić information content (AvgIpc) is 2.01. The summed E-state index contributed by atoms with van der Waals surface area (Å²) in [4.78, 5) is 0. The Hall–Kier alpha value is 0.140. The lowest BCUT2D eigenvalue weighted by atomic mass is 9.87. The first kappa shape index (κ1) is 12.2. The zero-order valence-corrected chi connectivity index (χ0v) is 11.7. The molecule has 1 aromatic carbocycles. The third-order valence-corrected chi connectivity index (χ3v) is 3.58. The average molecular weight is 322 g/mol. The van der Waals surface area contributed by atoms with E-state index in [9.17, 15) is 0 Å². The molecule has 78 valence electrons. The maximum atomic E-state index is 9.13. The molecule has 0 bridgehead atoms. The van der Waals surface area contributed by atoms with Crippen molar-refractivity contribution in [3.05, 3.63) is 32.2 Å². The Morgan fingerprint density at radius 2 is 1.57 bits per heavy atom. The summed E-state index contributed by atoms with van der Waals surface area (Å²) in [6, 6.07) is 4.13. The van der Waals surface area contributed by atoms with Gasteiger partial charge in [-0.05, 0) is 23.1 Å². The van der Waals surface area contributed by atoms with E-state index in [0.29, 0.717) is 0 Å². The highest BCUT2D eigenvalue weighted by atomic mass is 79.9. The Balaban J connectivity index is 3.28. The van der Waals surface area contributed by atoms with Crippen molar-refractivity contribution in [2.24, 2.45) is 0 Å². The first-order valence-corrected chi connectivity index (χ1v) is 6.04. The Morgan fingerprint density at radius 3 is 1.86 bits per heavy atom. The molecule has 3 heteroatoms. The van der Waals surface area contributed by atoms with Crippen molar-refractivity contribution in [1.82, 2.24) is 0 Å². The lowest BCUT2D eigenvalue weighted by Crippen LogP contribution is -2.11. The molecule has 1 rings (SSSR count). The number of aliphatic hydroxyl groups excluding tert-OH is 1. The van der Waals surface area contributed by atoms with Crippen molar-refractivity contribution in [2.75, 3.05) is 0 Å². The monoisotopic (exact) mass is 320 g/mol. The van der Waals surface area contributed by atoms with Gasteiger partial charge in [-0.3, -0.25) is 0 Å². The zero-order valence-electron chi connectivity index (χ0n) is 8.56. The standard InChI is InChI=1S/C11H14Br2O/c1-11(2,3)7-4-9(12)8(6-14)10(13)5-7/h4-5,14H,6H2,1-3H3. The van der Waals surface area contributed by atoms with E-state index < -0.39 is 0 Å². The minimum atomic E-state index is 0.0472.